The molecule has 0 aliphatic carbocycles. The quantitative estimate of drug-likeness (QED) is 0.250. The molecule has 0 aliphatic rings. The lowest BCUT2D eigenvalue weighted by molar-refractivity contribution is -0.390. The molecule has 4 aromatic heterocycles. The molecule has 0 unspecified atom stereocenters. The van der Waals surface area contributed by atoms with Gasteiger partial charge in [0.2, 0.25) is 0 Å². The van der Waals surface area contributed by atoms with E-state index in [1.165, 1.54) is 4.68 Å². The van der Waals surface area contributed by atoms with E-state index in [0.29, 0.717) is 28.1 Å². The van der Waals surface area contributed by atoms with Gasteiger partial charge in [-0.2, -0.15) is 9.78 Å². The van der Waals surface area contributed by atoms with E-state index >= 15 is 0 Å². The smallest absolute Gasteiger partial charge is 0.358 e. The molecule has 0 saturated carbocycles. The molecule has 34 heavy (non-hydrogen) atoms. The van der Waals surface area contributed by atoms with Gasteiger partial charge in [0.15, 0.2) is 17.1 Å². The van der Waals surface area contributed by atoms with Crippen LogP contribution >= 0.6 is 15.9 Å². The average Bonchev–Trinajstić information content (AvgIpc) is 3.55. The Morgan fingerprint density at radius 3 is 2.68 bits per heavy atom. The highest BCUT2D eigenvalue weighted by molar-refractivity contribution is 9.10. The first kappa shape index (κ1) is 20.2. The monoisotopic (exact) mass is 515 g/mol. The molecular formula is C22H14BrN9O2. The zero-order chi connectivity index (χ0) is 23.2. The summed E-state index contributed by atoms with van der Waals surface area (Å²) in [6, 6.07) is 17.4. The van der Waals surface area contributed by atoms with Gasteiger partial charge in [-0.15, -0.1) is 5.10 Å². The Labute approximate surface area is 199 Å². The molecule has 11 nitrogen and oxygen atoms in total. The van der Waals surface area contributed by atoms with E-state index in [2.05, 4.69) is 36.2 Å². The number of fused-ring (bicyclic) bond motifs is 3. The fourth-order valence-corrected chi connectivity index (χ4v) is 4.25. The number of rotatable bonds is 5. The van der Waals surface area contributed by atoms with Crippen molar-refractivity contribution in [2.75, 3.05) is 0 Å². The molecule has 0 saturated heterocycles. The molecule has 166 valence electrons. The van der Waals surface area contributed by atoms with Crippen LogP contribution in [0, 0.1) is 10.1 Å². The molecule has 0 amide bonds. The first-order valence-electron chi connectivity index (χ1n) is 10.2. The first-order chi connectivity index (χ1) is 16.6. The zero-order valence-electron chi connectivity index (χ0n) is 17.4. The molecule has 12 heteroatoms. The summed E-state index contributed by atoms with van der Waals surface area (Å²) < 4.78 is 5.26. The van der Waals surface area contributed by atoms with Crippen LogP contribution in [0.5, 0.6) is 0 Å². The van der Waals surface area contributed by atoms with Crippen molar-refractivity contribution in [1.29, 1.82) is 0 Å². The molecular weight excluding hydrogens is 502 g/mol. The van der Waals surface area contributed by atoms with E-state index < -0.39 is 4.92 Å². The largest absolute Gasteiger partial charge is 0.404 e. The van der Waals surface area contributed by atoms with Crippen LogP contribution in [0.2, 0.25) is 0 Å². The number of halogens is 1. The predicted molar refractivity (Wildman–Crippen MR) is 127 cm³/mol. The van der Waals surface area contributed by atoms with E-state index in [4.69, 9.17) is 4.98 Å². The Morgan fingerprint density at radius 1 is 1.03 bits per heavy atom. The average molecular weight is 516 g/mol. The van der Waals surface area contributed by atoms with Crippen molar-refractivity contribution in [2.45, 2.75) is 6.54 Å². The molecule has 0 fully saturated rings. The van der Waals surface area contributed by atoms with Gasteiger partial charge in [-0.1, -0.05) is 36.4 Å². The first-order valence-corrected chi connectivity index (χ1v) is 11.0. The van der Waals surface area contributed by atoms with Crippen LogP contribution in [0.4, 0.5) is 5.82 Å². The number of nitro groups is 1. The fraction of sp³-hybridized carbons (Fsp3) is 0.0455. The lowest BCUT2D eigenvalue weighted by Crippen LogP contribution is -2.01. The van der Waals surface area contributed by atoms with Crippen molar-refractivity contribution < 1.29 is 4.92 Å². The third-order valence-corrected chi connectivity index (χ3v) is 5.87. The van der Waals surface area contributed by atoms with Crippen molar-refractivity contribution in [3.8, 4) is 17.1 Å². The summed E-state index contributed by atoms with van der Waals surface area (Å²) in [6.45, 7) is 0.364. The Bertz CT molecular complexity index is 1690. The third-order valence-electron chi connectivity index (χ3n) is 5.31. The summed E-state index contributed by atoms with van der Waals surface area (Å²) in [7, 11) is 0. The SMILES string of the molecule is O=[N+]([O-])c1nn(Cc2cccc(-c3nc4c5cnn(-c6ccccc6)c5ncn4n3)c2)cc1Br. The van der Waals surface area contributed by atoms with Gasteiger partial charge in [0, 0.05) is 5.56 Å². The minimum atomic E-state index is -0.522. The maximum atomic E-state index is 11.1. The van der Waals surface area contributed by atoms with Gasteiger partial charge in [-0.05, 0) is 44.6 Å². The standard InChI is InChI=1S/C22H14BrN9O2/c23-18-12-29(28-22(18)32(33)34)11-14-5-4-6-15(9-14)19-26-21-17-10-25-31(16-7-2-1-3-8-16)20(17)24-13-30(21)27-19/h1-10,12-13H,11H2. The third kappa shape index (κ3) is 3.40. The summed E-state index contributed by atoms with van der Waals surface area (Å²) in [6.07, 6.45) is 4.95. The number of benzene rings is 2. The Kier molecular flexibility index (Phi) is 4.66. The highest BCUT2D eigenvalue weighted by Gasteiger charge is 2.19. The van der Waals surface area contributed by atoms with Crippen molar-refractivity contribution in [1.82, 2.24) is 39.1 Å². The zero-order valence-corrected chi connectivity index (χ0v) is 18.9. The van der Waals surface area contributed by atoms with E-state index in [-0.39, 0.29) is 5.82 Å². The topological polar surface area (TPSA) is 122 Å². The normalized spacial score (nSPS) is 11.4. The number of hydrogen-bond donors (Lipinski definition) is 0. The van der Waals surface area contributed by atoms with Crippen LogP contribution in [0.15, 0.2) is 77.8 Å². The number of nitrogens with zero attached hydrogens (tertiary/aromatic N) is 9. The van der Waals surface area contributed by atoms with Crippen LogP contribution in [0.3, 0.4) is 0 Å². The van der Waals surface area contributed by atoms with Crippen molar-refractivity contribution in [2.24, 2.45) is 0 Å². The highest BCUT2D eigenvalue weighted by Crippen LogP contribution is 2.25. The Hall–Kier alpha value is -4.45. The maximum absolute atomic E-state index is 11.1. The van der Waals surface area contributed by atoms with Crippen LogP contribution < -0.4 is 0 Å². The summed E-state index contributed by atoms with van der Waals surface area (Å²) in [5.41, 5.74) is 3.97. The number of hydrogen-bond acceptors (Lipinski definition) is 7. The molecule has 0 radical (unpaired) electrons. The Morgan fingerprint density at radius 2 is 1.88 bits per heavy atom. The minimum Gasteiger partial charge on any atom is -0.358 e. The van der Waals surface area contributed by atoms with E-state index in [9.17, 15) is 10.1 Å². The van der Waals surface area contributed by atoms with Gasteiger partial charge in [0.25, 0.3) is 0 Å². The Balaban J connectivity index is 1.37. The summed E-state index contributed by atoms with van der Waals surface area (Å²) >= 11 is 3.18. The van der Waals surface area contributed by atoms with Gasteiger partial charge >= 0.3 is 5.82 Å². The van der Waals surface area contributed by atoms with Crippen LogP contribution in [0.1, 0.15) is 5.56 Å². The summed E-state index contributed by atoms with van der Waals surface area (Å²) in [5.74, 6) is 0.321. The molecule has 0 atom stereocenters. The van der Waals surface area contributed by atoms with Gasteiger partial charge in [0.05, 0.1) is 35.1 Å². The van der Waals surface area contributed by atoms with Crippen LogP contribution in [-0.4, -0.2) is 44.1 Å². The van der Waals surface area contributed by atoms with Crippen LogP contribution in [0.25, 0.3) is 33.8 Å². The van der Waals surface area contributed by atoms with Gasteiger partial charge in [-0.3, -0.25) is 0 Å². The number of aromatic nitrogens is 8. The highest BCUT2D eigenvalue weighted by atomic mass is 79.9. The predicted octanol–water partition coefficient (Wildman–Crippen LogP) is 4.05. The van der Waals surface area contributed by atoms with Crippen molar-refractivity contribution >= 4 is 38.4 Å². The second kappa shape index (κ2) is 7.85. The molecule has 4 heterocycles. The number of para-hydroxylation sites is 1. The summed E-state index contributed by atoms with van der Waals surface area (Å²) in [4.78, 5) is 19.8. The van der Waals surface area contributed by atoms with Gasteiger partial charge in [-0.25, -0.2) is 19.2 Å². The van der Waals surface area contributed by atoms with Gasteiger partial charge < -0.3 is 10.1 Å². The maximum Gasteiger partial charge on any atom is 0.404 e. The van der Waals surface area contributed by atoms with Crippen molar-refractivity contribution in [3.05, 3.63) is 93.5 Å². The van der Waals surface area contributed by atoms with E-state index in [0.717, 1.165) is 22.2 Å². The van der Waals surface area contributed by atoms with Crippen LogP contribution in [-0.2, 0) is 6.54 Å². The molecule has 0 bridgehead atoms. The molecule has 0 aliphatic heterocycles. The fourth-order valence-electron chi connectivity index (χ4n) is 3.79. The second-order valence-electron chi connectivity index (χ2n) is 7.53. The molecule has 0 spiro atoms. The molecule has 6 rings (SSSR count). The minimum absolute atomic E-state index is 0.217. The van der Waals surface area contributed by atoms with E-state index in [1.54, 1.807) is 27.9 Å². The van der Waals surface area contributed by atoms with Crippen molar-refractivity contribution in [3.63, 3.8) is 0 Å². The second-order valence-corrected chi connectivity index (χ2v) is 8.39. The van der Waals surface area contributed by atoms with E-state index in [1.807, 2.05) is 54.6 Å². The molecule has 2 aromatic carbocycles. The lowest BCUT2D eigenvalue weighted by atomic mass is 10.1. The molecule has 6 aromatic rings. The molecule has 0 N–H and O–H groups in total. The lowest BCUT2D eigenvalue weighted by Gasteiger charge is -2.01. The van der Waals surface area contributed by atoms with Gasteiger partial charge in [0.1, 0.15) is 10.8 Å². The summed E-state index contributed by atoms with van der Waals surface area (Å²) in [5, 5.41) is 24.9.